The second-order valence-electron chi connectivity index (χ2n) is 5.00. The summed E-state index contributed by atoms with van der Waals surface area (Å²) in [5, 5.41) is 0. The number of benzene rings is 1. The third kappa shape index (κ3) is 3.71. The van der Waals surface area contributed by atoms with Crippen molar-refractivity contribution in [2.45, 2.75) is 38.5 Å². The Labute approximate surface area is 105 Å². The molecule has 17 heavy (non-hydrogen) atoms. The summed E-state index contributed by atoms with van der Waals surface area (Å²) in [6.07, 6.45) is 10.3. The lowest BCUT2D eigenvalue weighted by molar-refractivity contribution is 0.397. The van der Waals surface area contributed by atoms with E-state index in [9.17, 15) is 0 Å². The molecule has 1 saturated carbocycles. The molecule has 2 rings (SSSR count). The van der Waals surface area contributed by atoms with Gasteiger partial charge in [-0.1, -0.05) is 61.2 Å². The Morgan fingerprint density at radius 1 is 1.12 bits per heavy atom. The van der Waals surface area contributed by atoms with Crippen molar-refractivity contribution in [2.75, 3.05) is 6.54 Å². The third-order valence-electron chi connectivity index (χ3n) is 3.71. The van der Waals surface area contributed by atoms with Crippen LogP contribution in [0.3, 0.4) is 0 Å². The molecule has 1 aliphatic carbocycles. The number of rotatable bonds is 4. The van der Waals surface area contributed by atoms with Gasteiger partial charge in [-0.15, -0.1) is 0 Å². The second kappa shape index (κ2) is 6.61. The first-order valence-electron chi connectivity index (χ1n) is 6.86. The molecule has 1 aromatic carbocycles. The molecule has 1 aromatic rings. The molecule has 92 valence electrons. The molecule has 1 heteroatoms. The van der Waals surface area contributed by atoms with Gasteiger partial charge in [-0.3, -0.25) is 0 Å². The Kier molecular flexibility index (Phi) is 4.81. The van der Waals surface area contributed by atoms with Crippen LogP contribution in [0, 0.1) is 5.92 Å². The van der Waals surface area contributed by atoms with E-state index >= 15 is 0 Å². The molecule has 1 fully saturated rings. The molecule has 0 heterocycles. The molecule has 0 atom stereocenters. The predicted octanol–water partition coefficient (Wildman–Crippen LogP) is 4.00. The van der Waals surface area contributed by atoms with Crippen molar-refractivity contribution in [1.82, 2.24) is 0 Å². The molecule has 0 amide bonds. The molecule has 0 saturated heterocycles. The summed E-state index contributed by atoms with van der Waals surface area (Å²) < 4.78 is 0. The van der Waals surface area contributed by atoms with Crippen molar-refractivity contribution in [2.24, 2.45) is 11.7 Å². The van der Waals surface area contributed by atoms with Gasteiger partial charge in [0.25, 0.3) is 0 Å². The van der Waals surface area contributed by atoms with Crippen LogP contribution in [-0.2, 0) is 0 Å². The Balaban J connectivity index is 2.12. The lowest BCUT2D eigenvalue weighted by Crippen LogP contribution is -2.12. The average Bonchev–Trinajstić information content (AvgIpc) is 2.40. The van der Waals surface area contributed by atoms with Gasteiger partial charge in [0.1, 0.15) is 0 Å². The zero-order valence-corrected chi connectivity index (χ0v) is 10.6. The van der Waals surface area contributed by atoms with Gasteiger partial charge in [-0.2, -0.15) is 0 Å². The van der Waals surface area contributed by atoms with Crippen molar-refractivity contribution < 1.29 is 0 Å². The van der Waals surface area contributed by atoms with Crippen LogP contribution < -0.4 is 5.73 Å². The first kappa shape index (κ1) is 12.4. The number of hydrogen-bond acceptors (Lipinski definition) is 1. The molecule has 1 nitrogen and oxygen atoms in total. The molecule has 0 aromatic heterocycles. The Bertz CT molecular complexity index is 347. The van der Waals surface area contributed by atoms with Crippen LogP contribution in [0.1, 0.15) is 44.1 Å². The van der Waals surface area contributed by atoms with Crippen LogP contribution in [-0.4, -0.2) is 6.54 Å². The molecule has 0 bridgehead atoms. The molecule has 1 aliphatic rings. The van der Waals surface area contributed by atoms with Crippen LogP contribution in [0.5, 0.6) is 0 Å². The highest BCUT2D eigenvalue weighted by molar-refractivity contribution is 5.53. The van der Waals surface area contributed by atoms with E-state index in [1.165, 1.54) is 37.7 Å². The summed E-state index contributed by atoms with van der Waals surface area (Å²) in [6.45, 7) is 0.773. The average molecular weight is 229 g/mol. The molecule has 0 spiro atoms. The molecule has 0 unspecified atom stereocenters. The molecule has 0 radical (unpaired) electrons. The summed E-state index contributed by atoms with van der Waals surface area (Å²) in [5.41, 5.74) is 8.64. The van der Waals surface area contributed by atoms with E-state index in [1.807, 2.05) is 0 Å². The summed E-state index contributed by atoms with van der Waals surface area (Å²) in [6, 6.07) is 10.6. The Morgan fingerprint density at radius 2 is 1.82 bits per heavy atom. The van der Waals surface area contributed by atoms with Crippen molar-refractivity contribution in [3.05, 3.63) is 41.5 Å². The van der Waals surface area contributed by atoms with Gasteiger partial charge in [-0.25, -0.2) is 0 Å². The minimum Gasteiger partial charge on any atom is -0.330 e. The maximum absolute atomic E-state index is 5.75. The number of nitrogens with two attached hydrogens (primary N) is 1. The van der Waals surface area contributed by atoms with Crippen LogP contribution in [0.4, 0.5) is 0 Å². The fourth-order valence-electron chi connectivity index (χ4n) is 2.80. The number of hydrogen-bond donors (Lipinski definition) is 1. The molecule has 0 aliphatic heterocycles. The monoisotopic (exact) mass is 229 g/mol. The minimum atomic E-state index is 0.773. The smallest absolute Gasteiger partial charge is 0.00397 e. The fraction of sp³-hybridized carbons (Fsp3) is 0.500. The van der Waals surface area contributed by atoms with Crippen LogP contribution >= 0.6 is 0 Å². The van der Waals surface area contributed by atoms with Gasteiger partial charge in [0, 0.05) is 0 Å². The predicted molar refractivity (Wildman–Crippen MR) is 74.7 cm³/mol. The SMILES string of the molecule is NCCC(=Cc1ccccc1)C1CCCCC1. The highest BCUT2D eigenvalue weighted by atomic mass is 14.5. The zero-order valence-electron chi connectivity index (χ0n) is 10.6. The van der Waals surface area contributed by atoms with E-state index in [2.05, 4.69) is 36.4 Å². The van der Waals surface area contributed by atoms with Crippen molar-refractivity contribution in [1.29, 1.82) is 0 Å². The topological polar surface area (TPSA) is 26.0 Å². The summed E-state index contributed by atoms with van der Waals surface area (Å²) in [5.74, 6) is 0.785. The van der Waals surface area contributed by atoms with Crippen molar-refractivity contribution in [3.63, 3.8) is 0 Å². The van der Waals surface area contributed by atoms with Crippen LogP contribution in [0.25, 0.3) is 6.08 Å². The van der Waals surface area contributed by atoms with E-state index in [1.54, 1.807) is 5.57 Å². The molecular formula is C16H23N. The third-order valence-corrected chi connectivity index (χ3v) is 3.71. The first-order valence-corrected chi connectivity index (χ1v) is 6.86. The molecule has 2 N–H and O–H groups in total. The summed E-state index contributed by atoms with van der Waals surface area (Å²) >= 11 is 0. The largest absolute Gasteiger partial charge is 0.330 e. The van der Waals surface area contributed by atoms with Gasteiger partial charge >= 0.3 is 0 Å². The summed E-state index contributed by atoms with van der Waals surface area (Å²) in [7, 11) is 0. The van der Waals surface area contributed by atoms with Gasteiger partial charge < -0.3 is 5.73 Å². The molecular weight excluding hydrogens is 206 g/mol. The normalized spacial score (nSPS) is 18.3. The highest BCUT2D eigenvalue weighted by Crippen LogP contribution is 2.32. The lowest BCUT2D eigenvalue weighted by atomic mass is 9.82. The van der Waals surface area contributed by atoms with Gasteiger partial charge in [0.05, 0.1) is 0 Å². The van der Waals surface area contributed by atoms with Crippen LogP contribution in [0.2, 0.25) is 0 Å². The van der Waals surface area contributed by atoms with Gasteiger partial charge in [0.15, 0.2) is 0 Å². The van der Waals surface area contributed by atoms with Gasteiger partial charge in [0.2, 0.25) is 0 Å². The lowest BCUT2D eigenvalue weighted by Gasteiger charge is -2.24. The second-order valence-corrected chi connectivity index (χ2v) is 5.00. The fourth-order valence-corrected chi connectivity index (χ4v) is 2.80. The van der Waals surface area contributed by atoms with E-state index in [4.69, 9.17) is 5.73 Å². The van der Waals surface area contributed by atoms with E-state index in [-0.39, 0.29) is 0 Å². The summed E-state index contributed by atoms with van der Waals surface area (Å²) in [4.78, 5) is 0. The first-order chi connectivity index (χ1) is 8.40. The van der Waals surface area contributed by atoms with E-state index in [0.717, 1.165) is 18.9 Å². The maximum Gasteiger partial charge on any atom is -0.00397 e. The Hall–Kier alpha value is -1.08. The van der Waals surface area contributed by atoms with Crippen molar-refractivity contribution in [3.8, 4) is 0 Å². The quantitative estimate of drug-likeness (QED) is 0.829. The minimum absolute atomic E-state index is 0.773. The zero-order chi connectivity index (χ0) is 11.9. The van der Waals surface area contributed by atoms with Crippen LogP contribution in [0.15, 0.2) is 35.9 Å². The highest BCUT2D eigenvalue weighted by Gasteiger charge is 2.17. The van der Waals surface area contributed by atoms with E-state index in [0.29, 0.717) is 0 Å². The van der Waals surface area contributed by atoms with Gasteiger partial charge in [-0.05, 0) is 37.3 Å². The Morgan fingerprint density at radius 3 is 2.47 bits per heavy atom. The maximum atomic E-state index is 5.75. The van der Waals surface area contributed by atoms with Crippen molar-refractivity contribution >= 4 is 6.08 Å². The standard InChI is InChI=1S/C16H23N/c17-12-11-16(15-9-5-2-6-10-15)13-14-7-3-1-4-8-14/h1,3-4,7-8,13,15H,2,5-6,9-12,17H2. The van der Waals surface area contributed by atoms with E-state index < -0.39 is 0 Å².